The van der Waals surface area contributed by atoms with Gasteiger partial charge in [0, 0.05) is 19.6 Å². The van der Waals surface area contributed by atoms with Crippen LogP contribution in [0.2, 0.25) is 0 Å². The summed E-state index contributed by atoms with van der Waals surface area (Å²) < 4.78 is 39.0. The first-order chi connectivity index (χ1) is 9.50. The lowest BCUT2D eigenvalue weighted by Crippen LogP contribution is -2.48. The van der Waals surface area contributed by atoms with E-state index >= 15 is 0 Å². The lowest BCUT2D eigenvalue weighted by Gasteiger charge is -2.28. The lowest BCUT2D eigenvalue weighted by molar-refractivity contribution is 0.0723. The highest BCUT2D eigenvalue weighted by Crippen LogP contribution is 2.18. The summed E-state index contributed by atoms with van der Waals surface area (Å²) in [5.41, 5.74) is 0. The predicted octanol–water partition coefficient (Wildman–Crippen LogP) is 0.0489. The van der Waals surface area contributed by atoms with Gasteiger partial charge in [0.1, 0.15) is 5.76 Å². The minimum absolute atomic E-state index is 0.138. The van der Waals surface area contributed by atoms with Crippen molar-refractivity contribution in [2.24, 2.45) is 0 Å². The molecule has 1 aromatic heterocycles. The largest absolute Gasteiger partial charge is 0.468 e. The third-order valence-electron chi connectivity index (χ3n) is 3.26. The summed E-state index contributed by atoms with van der Waals surface area (Å²) in [6.07, 6.45) is 1.59. The molecular weight excluding hydrogens is 282 g/mol. The van der Waals surface area contributed by atoms with Crippen molar-refractivity contribution in [3.05, 3.63) is 24.2 Å². The third kappa shape index (κ3) is 3.80. The quantitative estimate of drug-likeness (QED) is 0.804. The van der Waals surface area contributed by atoms with Gasteiger partial charge >= 0.3 is 0 Å². The minimum Gasteiger partial charge on any atom is -0.468 e. The fourth-order valence-corrected chi connectivity index (χ4v) is 3.26. The van der Waals surface area contributed by atoms with Crippen molar-refractivity contribution in [2.45, 2.75) is 6.04 Å². The van der Waals surface area contributed by atoms with Crippen LogP contribution in [0.1, 0.15) is 11.8 Å². The highest BCUT2D eigenvalue weighted by Gasteiger charge is 2.26. The van der Waals surface area contributed by atoms with Gasteiger partial charge in [-0.05, 0) is 26.2 Å². The van der Waals surface area contributed by atoms with Crippen LogP contribution < -0.4 is 4.72 Å². The van der Waals surface area contributed by atoms with Gasteiger partial charge in [-0.2, -0.15) is 12.7 Å². The summed E-state index contributed by atoms with van der Waals surface area (Å²) in [5, 5.41) is 0. The Kier molecular flexibility index (Phi) is 5.17. The van der Waals surface area contributed by atoms with E-state index in [2.05, 4.69) is 4.72 Å². The Morgan fingerprint density at radius 1 is 1.40 bits per heavy atom. The van der Waals surface area contributed by atoms with Crippen molar-refractivity contribution >= 4 is 10.2 Å². The Morgan fingerprint density at radius 2 is 2.10 bits per heavy atom. The van der Waals surface area contributed by atoms with Crippen molar-refractivity contribution in [1.82, 2.24) is 13.9 Å². The molecule has 2 rings (SSSR count). The Morgan fingerprint density at radius 3 is 2.65 bits per heavy atom. The molecular formula is C12H21N3O4S. The average molecular weight is 303 g/mol. The summed E-state index contributed by atoms with van der Waals surface area (Å²) in [4.78, 5) is 1.92. The topological polar surface area (TPSA) is 75.0 Å². The molecule has 1 saturated heterocycles. The Balaban J connectivity index is 1.98. The zero-order chi connectivity index (χ0) is 14.6. The van der Waals surface area contributed by atoms with E-state index in [0.717, 1.165) is 5.76 Å². The van der Waals surface area contributed by atoms with E-state index in [0.29, 0.717) is 26.3 Å². The fraction of sp³-hybridized carbons (Fsp3) is 0.667. The molecule has 1 fully saturated rings. The first kappa shape index (κ1) is 15.5. The highest BCUT2D eigenvalue weighted by molar-refractivity contribution is 7.87. The van der Waals surface area contributed by atoms with Crippen LogP contribution in [0.5, 0.6) is 0 Å². The normalized spacial score (nSPS) is 19.4. The van der Waals surface area contributed by atoms with Crippen LogP contribution >= 0.6 is 0 Å². The number of rotatable bonds is 6. The number of nitrogens with one attached hydrogen (secondary N) is 1. The number of morpholine rings is 1. The monoisotopic (exact) mass is 303 g/mol. The molecule has 1 unspecified atom stereocenters. The summed E-state index contributed by atoms with van der Waals surface area (Å²) >= 11 is 0. The number of hydrogen-bond donors (Lipinski definition) is 1. The maximum Gasteiger partial charge on any atom is 0.279 e. The zero-order valence-corrected chi connectivity index (χ0v) is 12.6. The van der Waals surface area contributed by atoms with E-state index in [9.17, 15) is 8.42 Å². The van der Waals surface area contributed by atoms with Gasteiger partial charge in [0.05, 0.1) is 25.5 Å². The van der Waals surface area contributed by atoms with Gasteiger partial charge in [0.25, 0.3) is 10.2 Å². The summed E-state index contributed by atoms with van der Waals surface area (Å²) in [5.74, 6) is 0.736. The zero-order valence-electron chi connectivity index (χ0n) is 11.8. The maximum absolute atomic E-state index is 12.2. The molecule has 0 radical (unpaired) electrons. The molecule has 2 heterocycles. The Hall–Kier alpha value is -0.930. The lowest BCUT2D eigenvalue weighted by atomic mass is 10.2. The van der Waals surface area contributed by atoms with Crippen molar-refractivity contribution in [2.75, 3.05) is 46.9 Å². The van der Waals surface area contributed by atoms with Crippen LogP contribution in [0.25, 0.3) is 0 Å². The van der Waals surface area contributed by atoms with Gasteiger partial charge in [-0.15, -0.1) is 0 Å². The summed E-state index contributed by atoms with van der Waals surface area (Å²) in [6, 6.07) is 3.50. The standard InChI is InChI=1S/C12H21N3O4S/c1-14(2)11(12-4-3-7-19-12)10-13-20(16,17)15-5-8-18-9-6-15/h3-4,7,11,13H,5-6,8-10H2,1-2H3. The second-order valence-corrected chi connectivity index (χ2v) is 6.61. The molecule has 0 saturated carbocycles. The van der Waals surface area contributed by atoms with Crippen LogP contribution in [0.4, 0.5) is 0 Å². The smallest absolute Gasteiger partial charge is 0.279 e. The Labute approximate surface area is 119 Å². The predicted molar refractivity (Wildman–Crippen MR) is 74.5 cm³/mol. The van der Waals surface area contributed by atoms with Crippen LogP contribution in [0.3, 0.4) is 0 Å². The Bertz CT molecular complexity index is 495. The van der Waals surface area contributed by atoms with Gasteiger partial charge in [-0.1, -0.05) is 0 Å². The van der Waals surface area contributed by atoms with E-state index in [1.165, 1.54) is 4.31 Å². The first-order valence-corrected chi connectivity index (χ1v) is 7.97. The van der Waals surface area contributed by atoms with Crippen LogP contribution in [0, 0.1) is 0 Å². The number of furan rings is 1. The van der Waals surface area contributed by atoms with E-state index in [1.54, 1.807) is 12.3 Å². The SMILES string of the molecule is CN(C)C(CNS(=O)(=O)N1CCOCC1)c1ccco1. The van der Waals surface area contributed by atoms with Crippen LogP contribution in [-0.4, -0.2) is 64.6 Å². The molecule has 0 bridgehead atoms. The summed E-state index contributed by atoms with van der Waals surface area (Å²) in [6.45, 7) is 1.93. The number of likely N-dealkylation sites (N-methyl/N-ethyl adjacent to an activating group) is 1. The van der Waals surface area contributed by atoms with E-state index in [-0.39, 0.29) is 12.6 Å². The molecule has 7 nitrogen and oxygen atoms in total. The molecule has 0 aromatic carbocycles. The maximum atomic E-state index is 12.2. The van der Waals surface area contributed by atoms with Crippen molar-refractivity contribution in [1.29, 1.82) is 0 Å². The van der Waals surface area contributed by atoms with Crippen LogP contribution in [0.15, 0.2) is 22.8 Å². The second kappa shape index (κ2) is 6.68. The summed E-state index contributed by atoms with van der Waals surface area (Å²) in [7, 11) is 0.302. The number of ether oxygens (including phenoxy) is 1. The van der Waals surface area contributed by atoms with E-state index in [1.807, 2.05) is 25.1 Å². The molecule has 8 heteroatoms. The molecule has 0 amide bonds. The molecule has 20 heavy (non-hydrogen) atoms. The molecule has 114 valence electrons. The van der Waals surface area contributed by atoms with Crippen molar-refractivity contribution < 1.29 is 17.6 Å². The fourth-order valence-electron chi connectivity index (χ4n) is 2.08. The molecule has 1 aliphatic rings. The van der Waals surface area contributed by atoms with Gasteiger partial charge in [-0.25, -0.2) is 4.72 Å². The molecule has 1 aromatic rings. The van der Waals surface area contributed by atoms with Gasteiger partial charge in [-0.3, -0.25) is 4.90 Å². The highest BCUT2D eigenvalue weighted by atomic mass is 32.2. The molecule has 1 N–H and O–H groups in total. The van der Waals surface area contributed by atoms with Crippen LogP contribution in [-0.2, 0) is 14.9 Å². The van der Waals surface area contributed by atoms with Crippen molar-refractivity contribution in [3.8, 4) is 0 Å². The van der Waals surface area contributed by atoms with E-state index < -0.39 is 10.2 Å². The van der Waals surface area contributed by atoms with Gasteiger partial charge in [0.2, 0.25) is 0 Å². The molecule has 0 aliphatic carbocycles. The first-order valence-electron chi connectivity index (χ1n) is 6.53. The molecule has 1 atom stereocenters. The third-order valence-corrected chi connectivity index (χ3v) is 4.84. The average Bonchev–Trinajstić information content (AvgIpc) is 2.93. The number of nitrogens with zero attached hydrogens (tertiary/aromatic N) is 2. The van der Waals surface area contributed by atoms with E-state index in [4.69, 9.17) is 9.15 Å². The van der Waals surface area contributed by atoms with Gasteiger partial charge < -0.3 is 9.15 Å². The molecule has 0 spiro atoms. The van der Waals surface area contributed by atoms with Crippen molar-refractivity contribution in [3.63, 3.8) is 0 Å². The molecule has 1 aliphatic heterocycles. The van der Waals surface area contributed by atoms with Gasteiger partial charge in [0.15, 0.2) is 0 Å². The number of hydrogen-bond acceptors (Lipinski definition) is 5. The minimum atomic E-state index is -3.47. The second-order valence-electron chi connectivity index (χ2n) is 4.86.